The second-order valence-corrected chi connectivity index (χ2v) is 4.53. The molecule has 0 fully saturated rings. The molecule has 104 valence electrons. The number of aromatic amines is 1. The lowest BCUT2D eigenvalue weighted by molar-refractivity contribution is 0.203. The van der Waals surface area contributed by atoms with Crippen LogP contribution in [0, 0.1) is 0 Å². The number of nitrogens with one attached hydrogen (secondary N) is 2. The van der Waals surface area contributed by atoms with Crippen molar-refractivity contribution in [2.45, 2.75) is 19.9 Å². The summed E-state index contributed by atoms with van der Waals surface area (Å²) in [6, 6.07) is 0.313. The minimum Gasteiger partial charge on any atom is -0.383 e. The SMILES string of the molecule is CNc1nc(N(CCOC)C(C)C)c2cn[nH]c2n1. The van der Waals surface area contributed by atoms with Crippen molar-refractivity contribution in [2.75, 3.05) is 37.5 Å². The van der Waals surface area contributed by atoms with Crippen molar-refractivity contribution < 1.29 is 4.74 Å². The fourth-order valence-corrected chi connectivity index (χ4v) is 1.95. The van der Waals surface area contributed by atoms with E-state index >= 15 is 0 Å². The Kier molecular flexibility index (Phi) is 4.16. The summed E-state index contributed by atoms with van der Waals surface area (Å²) < 4.78 is 5.17. The summed E-state index contributed by atoms with van der Waals surface area (Å²) in [6.07, 6.45) is 1.76. The number of aromatic nitrogens is 4. The van der Waals surface area contributed by atoms with E-state index in [9.17, 15) is 0 Å². The lowest BCUT2D eigenvalue weighted by Gasteiger charge is -2.28. The number of ether oxygens (including phenoxy) is 1. The van der Waals surface area contributed by atoms with Crippen LogP contribution in [0.1, 0.15) is 13.8 Å². The average molecular weight is 264 g/mol. The molecule has 19 heavy (non-hydrogen) atoms. The van der Waals surface area contributed by atoms with E-state index in [0.717, 1.165) is 23.4 Å². The number of rotatable bonds is 6. The van der Waals surface area contributed by atoms with E-state index in [4.69, 9.17) is 4.74 Å². The number of hydrogen-bond donors (Lipinski definition) is 2. The van der Waals surface area contributed by atoms with Gasteiger partial charge in [-0.25, -0.2) is 0 Å². The lowest BCUT2D eigenvalue weighted by Crippen LogP contribution is -2.34. The minimum atomic E-state index is 0.313. The average Bonchev–Trinajstić information content (AvgIpc) is 2.86. The second kappa shape index (κ2) is 5.83. The number of fused-ring (bicyclic) bond motifs is 1. The van der Waals surface area contributed by atoms with E-state index in [1.165, 1.54) is 0 Å². The molecule has 2 aromatic heterocycles. The van der Waals surface area contributed by atoms with Gasteiger partial charge < -0.3 is 15.0 Å². The van der Waals surface area contributed by atoms with E-state index in [1.54, 1.807) is 20.4 Å². The Morgan fingerprint density at radius 2 is 2.21 bits per heavy atom. The van der Waals surface area contributed by atoms with Gasteiger partial charge in [-0.15, -0.1) is 0 Å². The Morgan fingerprint density at radius 3 is 2.84 bits per heavy atom. The minimum absolute atomic E-state index is 0.313. The predicted octanol–water partition coefficient (Wildman–Crippen LogP) is 1.26. The van der Waals surface area contributed by atoms with Gasteiger partial charge in [0, 0.05) is 26.7 Å². The highest BCUT2D eigenvalue weighted by atomic mass is 16.5. The molecule has 0 aliphatic rings. The van der Waals surface area contributed by atoms with Crippen LogP contribution in [0.4, 0.5) is 11.8 Å². The molecule has 0 aromatic carbocycles. The molecule has 2 aromatic rings. The standard InChI is InChI=1S/C12H20N6O/c1-8(2)18(5-6-19-4)11-9-7-14-17-10(9)15-12(13-3)16-11/h7-8H,5-6H2,1-4H3,(H2,13,14,15,16,17). The van der Waals surface area contributed by atoms with Crippen LogP contribution in [0.5, 0.6) is 0 Å². The van der Waals surface area contributed by atoms with Gasteiger partial charge in [0.2, 0.25) is 5.95 Å². The molecule has 0 bridgehead atoms. The van der Waals surface area contributed by atoms with Crippen molar-refractivity contribution in [3.8, 4) is 0 Å². The topological polar surface area (TPSA) is 79.0 Å². The van der Waals surface area contributed by atoms with Crippen LogP contribution in [-0.2, 0) is 4.74 Å². The fraction of sp³-hybridized carbons (Fsp3) is 0.583. The molecule has 0 spiro atoms. The van der Waals surface area contributed by atoms with Gasteiger partial charge in [0.1, 0.15) is 5.82 Å². The first-order valence-corrected chi connectivity index (χ1v) is 6.31. The third-order valence-electron chi connectivity index (χ3n) is 2.94. The van der Waals surface area contributed by atoms with Crippen molar-refractivity contribution in [1.82, 2.24) is 20.2 Å². The quantitative estimate of drug-likeness (QED) is 0.817. The number of anilines is 2. The van der Waals surface area contributed by atoms with Gasteiger partial charge in [-0.2, -0.15) is 15.1 Å². The molecule has 0 aliphatic heterocycles. The molecule has 0 saturated carbocycles. The maximum atomic E-state index is 5.17. The van der Waals surface area contributed by atoms with E-state index in [1.807, 2.05) is 0 Å². The monoisotopic (exact) mass is 264 g/mol. The third-order valence-corrected chi connectivity index (χ3v) is 2.94. The fourth-order valence-electron chi connectivity index (χ4n) is 1.95. The van der Waals surface area contributed by atoms with Gasteiger partial charge in [-0.3, -0.25) is 5.10 Å². The Morgan fingerprint density at radius 1 is 1.42 bits per heavy atom. The van der Waals surface area contributed by atoms with E-state index in [-0.39, 0.29) is 0 Å². The number of hydrogen-bond acceptors (Lipinski definition) is 6. The molecule has 2 rings (SSSR count). The van der Waals surface area contributed by atoms with Crippen LogP contribution < -0.4 is 10.2 Å². The van der Waals surface area contributed by atoms with Crippen LogP contribution in [0.15, 0.2) is 6.20 Å². The summed E-state index contributed by atoms with van der Waals surface area (Å²) in [5.41, 5.74) is 0.734. The van der Waals surface area contributed by atoms with Crippen LogP contribution >= 0.6 is 0 Å². The van der Waals surface area contributed by atoms with E-state index < -0.39 is 0 Å². The van der Waals surface area contributed by atoms with Crippen LogP contribution in [-0.4, -0.2) is 53.5 Å². The molecule has 0 aliphatic carbocycles. The van der Waals surface area contributed by atoms with Crippen molar-refractivity contribution in [1.29, 1.82) is 0 Å². The molecular formula is C12H20N6O. The van der Waals surface area contributed by atoms with Crippen molar-refractivity contribution in [2.24, 2.45) is 0 Å². The first kappa shape index (κ1) is 13.5. The highest BCUT2D eigenvalue weighted by molar-refractivity contribution is 5.87. The first-order valence-electron chi connectivity index (χ1n) is 6.31. The maximum absolute atomic E-state index is 5.17. The largest absolute Gasteiger partial charge is 0.383 e. The lowest BCUT2D eigenvalue weighted by atomic mass is 10.2. The van der Waals surface area contributed by atoms with Gasteiger partial charge in [0.05, 0.1) is 18.2 Å². The summed E-state index contributed by atoms with van der Waals surface area (Å²) >= 11 is 0. The molecular weight excluding hydrogens is 244 g/mol. The van der Waals surface area contributed by atoms with Crippen molar-refractivity contribution in [3.63, 3.8) is 0 Å². The van der Waals surface area contributed by atoms with E-state index in [2.05, 4.69) is 44.2 Å². The zero-order valence-corrected chi connectivity index (χ0v) is 11.8. The highest BCUT2D eigenvalue weighted by Gasteiger charge is 2.17. The predicted molar refractivity (Wildman–Crippen MR) is 75.6 cm³/mol. The number of H-pyrrole nitrogens is 1. The molecule has 0 radical (unpaired) electrons. The van der Waals surface area contributed by atoms with Gasteiger partial charge in [-0.05, 0) is 13.8 Å². The molecule has 0 atom stereocenters. The molecule has 0 amide bonds. The summed E-state index contributed by atoms with van der Waals surface area (Å²) in [5, 5.41) is 10.8. The van der Waals surface area contributed by atoms with Crippen molar-refractivity contribution in [3.05, 3.63) is 6.20 Å². The van der Waals surface area contributed by atoms with Crippen molar-refractivity contribution >= 4 is 22.8 Å². The Bertz CT molecular complexity index is 538. The zero-order chi connectivity index (χ0) is 13.8. The molecule has 7 heteroatoms. The van der Waals surface area contributed by atoms with E-state index in [0.29, 0.717) is 18.6 Å². The third kappa shape index (κ3) is 2.76. The molecule has 0 saturated heterocycles. The second-order valence-electron chi connectivity index (χ2n) is 4.53. The molecule has 0 unspecified atom stereocenters. The Labute approximate surface area is 112 Å². The summed E-state index contributed by atoms with van der Waals surface area (Å²) in [4.78, 5) is 11.1. The molecule has 2 heterocycles. The smallest absolute Gasteiger partial charge is 0.226 e. The first-order chi connectivity index (χ1) is 9.17. The summed E-state index contributed by atoms with van der Waals surface area (Å²) in [6.45, 7) is 5.68. The van der Waals surface area contributed by atoms with Gasteiger partial charge >= 0.3 is 0 Å². The molecule has 7 nitrogen and oxygen atoms in total. The summed E-state index contributed by atoms with van der Waals surface area (Å²) in [7, 11) is 3.50. The zero-order valence-electron chi connectivity index (χ0n) is 11.8. The Balaban J connectivity index is 2.47. The van der Waals surface area contributed by atoms with Crippen LogP contribution in [0.3, 0.4) is 0 Å². The van der Waals surface area contributed by atoms with Gasteiger partial charge in [0.15, 0.2) is 5.65 Å². The normalized spacial score (nSPS) is 11.2. The molecule has 2 N–H and O–H groups in total. The number of nitrogens with zero attached hydrogens (tertiary/aromatic N) is 4. The summed E-state index contributed by atoms with van der Waals surface area (Å²) in [5.74, 6) is 1.45. The Hall–Kier alpha value is -1.89. The maximum Gasteiger partial charge on any atom is 0.226 e. The van der Waals surface area contributed by atoms with Gasteiger partial charge in [-0.1, -0.05) is 0 Å². The number of methoxy groups -OCH3 is 1. The van der Waals surface area contributed by atoms with Crippen LogP contribution in [0.25, 0.3) is 11.0 Å². The van der Waals surface area contributed by atoms with Crippen LogP contribution in [0.2, 0.25) is 0 Å². The van der Waals surface area contributed by atoms with Gasteiger partial charge in [0.25, 0.3) is 0 Å². The highest BCUT2D eigenvalue weighted by Crippen LogP contribution is 2.25.